The third-order valence-corrected chi connectivity index (χ3v) is 4.06. The van der Waals surface area contributed by atoms with Crippen molar-refractivity contribution in [2.24, 2.45) is 0 Å². The van der Waals surface area contributed by atoms with Gasteiger partial charge in [-0.1, -0.05) is 36.4 Å². The zero-order valence-corrected chi connectivity index (χ0v) is 16.1. The Balaban J connectivity index is 1.78. The lowest BCUT2D eigenvalue weighted by Gasteiger charge is -2.16. The monoisotopic (exact) mass is 387 g/mol. The van der Waals surface area contributed by atoms with Gasteiger partial charge in [0.25, 0.3) is 0 Å². The molecule has 7 heteroatoms. The van der Waals surface area contributed by atoms with Crippen molar-refractivity contribution in [2.45, 2.75) is 32.6 Å². The fourth-order valence-electron chi connectivity index (χ4n) is 2.68. The molecule has 0 radical (unpaired) electrons. The predicted octanol–water partition coefficient (Wildman–Crippen LogP) is 1.88. The van der Waals surface area contributed by atoms with Crippen LogP contribution < -0.4 is 16.0 Å². The van der Waals surface area contributed by atoms with Crippen LogP contribution in [0.5, 0.6) is 0 Å². The standard InChI is InChI=1S/C21H26FN3O3/c1-15(26)25-20(14-28-2)21(27)24-13-17-8-6-16(7-9-17)11-23-12-18-4-3-5-19(22)10-18/h3-10,20,23H,11-14H2,1-2H3,(H,24,27)(H,25,26)/t20-/m1/s1. The highest BCUT2D eigenvalue weighted by Gasteiger charge is 2.18. The van der Waals surface area contributed by atoms with Gasteiger partial charge < -0.3 is 20.7 Å². The molecule has 2 aromatic rings. The highest BCUT2D eigenvalue weighted by molar-refractivity contribution is 5.86. The van der Waals surface area contributed by atoms with E-state index in [1.54, 1.807) is 6.07 Å². The first-order chi connectivity index (χ1) is 13.5. The van der Waals surface area contributed by atoms with Crippen LogP contribution >= 0.6 is 0 Å². The fraction of sp³-hybridized carbons (Fsp3) is 0.333. The summed E-state index contributed by atoms with van der Waals surface area (Å²) in [7, 11) is 1.48. The van der Waals surface area contributed by atoms with E-state index in [1.165, 1.54) is 26.2 Å². The smallest absolute Gasteiger partial charge is 0.245 e. The quantitative estimate of drug-likeness (QED) is 0.582. The van der Waals surface area contributed by atoms with Gasteiger partial charge in [0.15, 0.2) is 0 Å². The van der Waals surface area contributed by atoms with Crippen molar-refractivity contribution in [3.63, 3.8) is 0 Å². The normalized spacial score (nSPS) is 11.7. The third kappa shape index (κ3) is 7.46. The summed E-state index contributed by atoms with van der Waals surface area (Å²) in [6.45, 7) is 3.06. The Morgan fingerprint density at radius 1 is 1.00 bits per heavy atom. The van der Waals surface area contributed by atoms with E-state index in [2.05, 4.69) is 16.0 Å². The van der Waals surface area contributed by atoms with E-state index in [9.17, 15) is 14.0 Å². The highest BCUT2D eigenvalue weighted by atomic mass is 19.1. The van der Waals surface area contributed by atoms with Crippen molar-refractivity contribution in [1.82, 2.24) is 16.0 Å². The first kappa shape index (κ1) is 21.5. The molecule has 0 fully saturated rings. The maximum absolute atomic E-state index is 13.2. The summed E-state index contributed by atoms with van der Waals surface area (Å²) in [5, 5.41) is 8.62. The molecule has 150 valence electrons. The number of carbonyl (C=O) groups is 2. The molecular formula is C21H26FN3O3. The number of halogens is 1. The van der Waals surface area contributed by atoms with Gasteiger partial charge in [-0.25, -0.2) is 4.39 Å². The Bertz CT molecular complexity index is 781. The van der Waals surface area contributed by atoms with Crippen molar-refractivity contribution >= 4 is 11.8 Å². The second-order valence-electron chi connectivity index (χ2n) is 6.48. The Morgan fingerprint density at radius 2 is 1.64 bits per heavy atom. The Kier molecular flexibility index (Phi) is 8.58. The van der Waals surface area contributed by atoms with Crippen LogP contribution in [0.1, 0.15) is 23.6 Å². The van der Waals surface area contributed by atoms with Crippen LogP contribution in [0, 0.1) is 5.82 Å². The molecule has 0 saturated carbocycles. The van der Waals surface area contributed by atoms with Crippen molar-refractivity contribution in [1.29, 1.82) is 0 Å². The van der Waals surface area contributed by atoms with Gasteiger partial charge in [-0.2, -0.15) is 0 Å². The number of ether oxygens (including phenoxy) is 1. The number of hydrogen-bond acceptors (Lipinski definition) is 4. The van der Waals surface area contributed by atoms with Crippen LogP contribution in [0.3, 0.4) is 0 Å². The first-order valence-corrected chi connectivity index (χ1v) is 9.04. The van der Waals surface area contributed by atoms with E-state index in [-0.39, 0.29) is 24.2 Å². The zero-order chi connectivity index (χ0) is 20.4. The predicted molar refractivity (Wildman–Crippen MR) is 105 cm³/mol. The molecule has 0 aliphatic rings. The van der Waals surface area contributed by atoms with Crippen molar-refractivity contribution in [3.8, 4) is 0 Å². The molecule has 6 nitrogen and oxygen atoms in total. The molecule has 2 aromatic carbocycles. The number of methoxy groups -OCH3 is 1. The molecule has 0 aromatic heterocycles. The van der Waals surface area contributed by atoms with E-state index < -0.39 is 6.04 Å². The van der Waals surface area contributed by atoms with Gasteiger partial charge in [0, 0.05) is 33.7 Å². The van der Waals surface area contributed by atoms with Crippen LogP contribution in [0.2, 0.25) is 0 Å². The molecule has 0 aliphatic heterocycles. The molecule has 0 heterocycles. The van der Waals surface area contributed by atoms with E-state index >= 15 is 0 Å². The Hall–Kier alpha value is -2.77. The van der Waals surface area contributed by atoms with Crippen molar-refractivity contribution < 1.29 is 18.7 Å². The summed E-state index contributed by atoms with van der Waals surface area (Å²) < 4.78 is 18.1. The number of nitrogens with one attached hydrogen (secondary N) is 3. The summed E-state index contributed by atoms with van der Waals surface area (Å²) in [4.78, 5) is 23.3. The van der Waals surface area contributed by atoms with Crippen LogP contribution in [0.15, 0.2) is 48.5 Å². The van der Waals surface area contributed by atoms with Crippen LogP contribution in [0.4, 0.5) is 4.39 Å². The summed E-state index contributed by atoms with van der Waals surface area (Å²) in [6.07, 6.45) is 0. The van der Waals surface area contributed by atoms with E-state index in [0.29, 0.717) is 19.6 Å². The van der Waals surface area contributed by atoms with Gasteiger partial charge in [0.2, 0.25) is 11.8 Å². The van der Waals surface area contributed by atoms with Crippen molar-refractivity contribution in [3.05, 3.63) is 71.0 Å². The van der Waals surface area contributed by atoms with Crippen LogP contribution in [0.25, 0.3) is 0 Å². The van der Waals surface area contributed by atoms with Crippen LogP contribution in [-0.4, -0.2) is 31.6 Å². The maximum atomic E-state index is 13.2. The van der Waals surface area contributed by atoms with Gasteiger partial charge in [0.05, 0.1) is 6.61 Å². The minimum absolute atomic E-state index is 0.112. The minimum Gasteiger partial charge on any atom is -0.382 e. The van der Waals surface area contributed by atoms with E-state index in [4.69, 9.17) is 4.74 Å². The molecule has 1 atom stereocenters. The van der Waals surface area contributed by atoms with Gasteiger partial charge in [0.1, 0.15) is 11.9 Å². The van der Waals surface area contributed by atoms with Gasteiger partial charge in [-0.3, -0.25) is 9.59 Å². The molecule has 2 amide bonds. The minimum atomic E-state index is -0.714. The average Bonchev–Trinajstić information content (AvgIpc) is 2.66. The van der Waals surface area contributed by atoms with E-state index in [0.717, 1.165) is 16.7 Å². The molecule has 0 saturated heterocycles. The van der Waals surface area contributed by atoms with E-state index in [1.807, 2.05) is 30.3 Å². The molecule has 0 aliphatic carbocycles. The number of amides is 2. The van der Waals surface area contributed by atoms with Gasteiger partial charge in [-0.15, -0.1) is 0 Å². The second-order valence-corrected chi connectivity index (χ2v) is 6.48. The summed E-state index contributed by atoms with van der Waals surface area (Å²) in [5.74, 6) is -0.817. The molecule has 0 unspecified atom stereocenters. The zero-order valence-electron chi connectivity index (χ0n) is 16.1. The summed E-state index contributed by atoms with van der Waals surface area (Å²) in [6, 6.07) is 13.6. The fourth-order valence-corrected chi connectivity index (χ4v) is 2.68. The summed E-state index contributed by atoms with van der Waals surface area (Å²) in [5.41, 5.74) is 2.92. The number of rotatable bonds is 10. The molecule has 28 heavy (non-hydrogen) atoms. The van der Waals surface area contributed by atoms with Gasteiger partial charge in [-0.05, 0) is 28.8 Å². The van der Waals surface area contributed by atoms with Gasteiger partial charge >= 0.3 is 0 Å². The van der Waals surface area contributed by atoms with Crippen LogP contribution in [-0.2, 0) is 34.0 Å². The molecule has 3 N–H and O–H groups in total. The number of carbonyl (C=O) groups excluding carboxylic acids is 2. The van der Waals surface area contributed by atoms with Crippen molar-refractivity contribution in [2.75, 3.05) is 13.7 Å². The molecule has 0 bridgehead atoms. The Morgan fingerprint density at radius 3 is 2.25 bits per heavy atom. The molecule has 2 rings (SSSR count). The SMILES string of the molecule is COC[C@@H](NC(C)=O)C(=O)NCc1ccc(CNCc2cccc(F)c2)cc1. The molecular weight excluding hydrogens is 361 g/mol. The topological polar surface area (TPSA) is 79.5 Å². The summed E-state index contributed by atoms with van der Waals surface area (Å²) >= 11 is 0. The average molecular weight is 387 g/mol. The lowest BCUT2D eigenvalue weighted by molar-refractivity contribution is -0.129. The second kappa shape index (κ2) is 11.2. The first-order valence-electron chi connectivity index (χ1n) is 9.04. The number of benzene rings is 2. The third-order valence-electron chi connectivity index (χ3n) is 4.06. The molecule has 0 spiro atoms. The lowest BCUT2D eigenvalue weighted by Crippen LogP contribution is -2.48. The highest BCUT2D eigenvalue weighted by Crippen LogP contribution is 2.06. The maximum Gasteiger partial charge on any atom is 0.245 e. The Labute approximate surface area is 164 Å². The lowest BCUT2D eigenvalue weighted by atomic mass is 10.1. The largest absolute Gasteiger partial charge is 0.382 e. The number of hydrogen-bond donors (Lipinski definition) is 3.